The molecule has 3 aromatic rings. The highest BCUT2D eigenvalue weighted by atomic mass is 35.5. The molecule has 0 saturated carbocycles. The van der Waals surface area contributed by atoms with E-state index in [4.69, 9.17) is 23.2 Å². The van der Waals surface area contributed by atoms with Crippen molar-refractivity contribution in [2.24, 2.45) is 0 Å². The number of rotatable bonds is 7. The maximum Gasteiger partial charge on any atom is 0.272 e. The van der Waals surface area contributed by atoms with Crippen LogP contribution in [-0.4, -0.2) is 39.1 Å². The van der Waals surface area contributed by atoms with Crippen molar-refractivity contribution in [3.05, 3.63) is 87.2 Å². The van der Waals surface area contributed by atoms with Gasteiger partial charge in [-0.3, -0.25) is 14.3 Å². The summed E-state index contributed by atoms with van der Waals surface area (Å²) in [7, 11) is 0. The Morgan fingerprint density at radius 1 is 1.09 bits per heavy atom. The molecule has 2 aromatic carbocycles. The lowest BCUT2D eigenvalue weighted by Crippen LogP contribution is -2.39. The summed E-state index contributed by atoms with van der Waals surface area (Å²) in [6.07, 6.45) is 1.69. The Morgan fingerprint density at radius 2 is 1.81 bits per heavy atom. The van der Waals surface area contributed by atoms with Crippen molar-refractivity contribution < 1.29 is 9.59 Å². The van der Waals surface area contributed by atoms with Crippen LogP contribution in [-0.2, 0) is 19.5 Å². The Labute approximate surface area is 197 Å². The molecular formula is C24H24Cl2N4O2. The molecule has 0 aliphatic carbocycles. The summed E-state index contributed by atoms with van der Waals surface area (Å²) in [4.78, 5) is 27.4. The highest BCUT2D eigenvalue weighted by molar-refractivity contribution is 6.36. The van der Waals surface area contributed by atoms with Gasteiger partial charge in [-0.1, -0.05) is 59.6 Å². The first-order chi connectivity index (χ1) is 15.4. The minimum absolute atomic E-state index is 0.0176. The minimum atomic E-state index is -0.277. The van der Waals surface area contributed by atoms with Crippen molar-refractivity contribution in [2.75, 3.05) is 6.54 Å². The first-order valence-electron chi connectivity index (χ1n) is 10.6. The number of carbonyl (C=O) groups excluding carboxylic acids is 2. The molecule has 166 valence electrons. The molecule has 32 heavy (non-hydrogen) atoms. The molecule has 8 heteroatoms. The van der Waals surface area contributed by atoms with Gasteiger partial charge in [0.2, 0.25) is 0 Å². The summed E-state index contributed by atoms with van der Waals surface area (Å²) in [6.45, 7) is 3.24. The zero-order valence-electron chi connectivity index (χ0n) is 17.7. The predicted molar refractivity (Wildman–Crippen MR) is 125 cm³/mol. The minimum Gasteiger partial charge on any atom is -0.348 e. The Hall–Kier alpha value is -2.83. The average Bonchev–Trinajstić information content (AvgIpc) is 3.23. The third-order valence-electron chi connectivity index (χ3n) is 5.60. The molecule has 1 aliphatic rings. The topological polar surface area (TPSA) is 67.2 Å². The van der Waals surface area contributed by atoms with Gasteiger partial charge < -0.3 is 10.2 Å². The molecule has 1 aromatic heterocycles. The second kappa shape index (κ2) is 9.76. The largest absolute Gasteiger partial charge is 0.348 e. The molecule has 2 amide bonds. The molecule has 0 radical (unpaired) electrons. The van der Waals surface area contributed by atoms with E-state index in [1.165, 1.54) is 5.56 Å². The Kier molecular flexibility index (Phi) is 6.82. The SMILES string of the molecule is C[C@@H](CCc1ccccc1)NC(=O)c1cc2n(n1)CCN(Cc1c(Cl)cccc1Cl)C2=O. The first kappa shape index (κ1) is 22.4. The Bertz CT molecular complexity index is 1110. The Balaban J connectivity index is 1.40. The van der Waals surface area contributed by atoms with E-state index in [1.54, 1.807) is 33.8 Å². The van der Waals surface area contributed by atoms with Gasteiger partial charge in [-0.15, -0.1) is 0 Å². The molecule has 0 spiro atoms. The number of halogens is 2. The van der Waals surface area contributed by atoms with Crippen LogP contribution >= 0.6 is 23.2 Å². The fourth-order valence-corrected chi connectivity index (χ4v) is 4.29. The van der Waals surface area contributed by atoms with Crippen LogP contribution in [0.25, 0.3) is 0 Å². The van der Waals surface area contributed by atoms with Gasteiger partial charge in [-0.05, 0) is 37.5 Å². The zero-order valence-corrected chi connectivity index (χ0v) is 19.2. The summed E-state index contributed by atoms with van der Waals surface area (Å²) in [6, 6.07) is 17.0. The number of amides is 2. The lowest BCUT2D eigenvalue weighted by atomic mass is 10.1. The van der Waals surface area contributed by atoms with E-state index in [0.29, 0.717) is 40.9 Å². The van der Waals surface area contributed by atoms with Gasteiger partial charge in [0.1, 0.15) is 5.69 Å². The lowest BCUT2D eigenvalue weighted by Gasteiger charge is -2.28. The summed E-state index contributed by atoms with van der Waals surface area (Å²) in [5, 5.41) is 8.38. The van der Waals surface area contributed by atoms with Crippen LogP contribution in [0, 0.1) is 0 Å². The van der Waals surface area contributed by atoms with Crippen LogP contribution in [0.4, 0.5) is 0 Å². The molecule has 6 nitrogen and oxygen atoms in total. The molecule has 0 saturated heterocycles. The van der Waals surface area contributed by atoms with Gasteiger partial charge in [0, 0.05) is 40.8 Å². The lowest BCUT2D eigenvalue weighted by molar-refractivity contribution is 0.0683. The molecule has 0 unspecified atom stereocenters. The van der Waals surface area contributed by atoms with Crippen molar-refractivity contribution in [1.82, 2.24) is 20.0 Å². The number of aryl methyl sites for hydroxylation is 1. The highest BCUT2D eigenvalue weighted by Gasteiger charge is 2.29. The summed E-state index contributed by atoms with van der Waals surface area (Å²) >= 11 is 12.5. The maximum absolute atomic E-state index is 13.0. The number of hydrogen-bond donors (Lipinski definition) is 1. The van der Waals surface area contributed by atoms with Crippen molar-refractivity contribution in [3.63, 3.8) is 0 Å². The van der Waals surface area contributed by atoms with Crippen LogP contribution < -0.4 is 5.32 Å². The molecule has 0 fully saturated rings. The van der Waals surface area contributed by atoms with Gasteiger partial charge >= 0.3 is 0 Å². The molecular weight excluding hydrogens is 447 g/mol. The summed E-state index contributed by atoms with van der Waals surface area (Å²) < 4.78 is 1.59. The first-order valence-corrected chi connectivity index (χ1v) is 11.3. The van der Waals surface area contributed by atoms with Crippen LogP contribution in [0.15, 0.2) is 54.6 Å². The van der Waals surface area contributed by atoms with E-state index >= 15 is 0 Å². The number of nitrogens with one attached hydrogen (secondary N) is 1. The molecule has 0 bridgehead atoms. The second-order valence-electron chi connectivity index (χ2n) is 7.96. The fraction of sp³-hybridized carbons (Fsp3) is 0.292. The quantitative estimate of drug-likeness (QED) is 0.548. The predicted octanol–water partition coefficient (Wildman–Crippen LogP) is 4.60. The number of aromatic nitrogens is 2. The van der Waals surface area contributed by atoms with Crippen molar-refractivity contribution in [3.8, 4) is 0 Å². The number of fused-ring (bicyclic) bond motifs is 1. The maximum atomic E-state index is 13.0. The smallest absolute Gasteiger partial charge is 0.272 e. The molecule has 1 aliphatic heterocycles. The summed E-state index contributed by atoms with van der Waals surface area (Å²) in [5.74, 6) is -0.475. The van der Waals surface area contributed by atoms with E-state index in [9.17, 15) is 9.59 Å². The highest BCUT2D eigenvalue weighted by Crippen LogP contribution is 2.27. The Morgan fingerprint density at radius 3 is 2.53 bits per heavy atom. The second-order valence-corrected chi connectivity index (χ2v) is 8.78. The third-order valence-corrected chi connectivity index (χ3v) is 6.31. The van der Waals surface area contributed by atoms with E-state index in [-0.39, 0.29) is 23.6 Å². The van der Waals surface area contributed by atoms with E-state index in [0.717, 1.165) is 12.8 Å². The molecule has 4 rings (SSSR count). The fourth-order valence-electron chi connectivity index (χ4n) is 3.77. The monoisotopic (exact) mass is 470 g/mol. The van der Waals surface area contributed by atoms with E-state index in [1.807, 2.05) is 25.1 Å². The zero-order chi connectivity index (χ0) is 22.7. The van der Waals surface area contributed by atoms with Crippen molar-refractivity contribution in [1.29, 1.82) is 0 Å². The van der Waals surface area contributed by atoms with Crippen molar-refractivity contribution in [2.45, 2.75) is 38.9 Å². The van der Waals surface area contributed by atoms with Gasteiger partial charge in [0.25, 0.3) is 11.8 Å². The normalized spacial score (nSPS) is 14.2. The van der Waals surface area contributed by atoms with Gasteiger partial charge in [0.05, 0.1) is 6.54 Å². The number of carbonyl (C=O) groups is 2. The number of hydrogen-bond acceptors (Lipinski definition) is 3. The van der Waals surface area contributed by atoms with Gasteiger partial charge in [-0.2, -0.15) is 5.10 Å². The van der Waals surface area contributed by atoms with Gasteiger partial charge in [0.15, 0.2) is 5.69 Å². The van der Waals surface area contributed by atoms with Crippen LogP contribution in [0.2, 0.25) is 10.0 Å². The number of nitrogens with zero attached hydrogens (tertiary/aromatic N) is 3. The van der Waals surface area contributed by atoms with Crippen molar-refractivity contribution >= 4 is 35.0 Å². The van der Waals surface area contributed by atoms with E-state index in [2.05, 4.69) is 22.5 Å². The number of benzene rings is 2. The third kappa shape index (κ3) is 4.97. The average molecular weight is 471 g/mol. The molecule has 2 heterocycles. The standard InChI is InChI=1S/C24H24Cl2N4O2/c1-16(10-11-17-6-3-2-4-7-17)27-23(31)21-14-22-24(32)29(12-13-30(22)28-21)15-18-19(25)8-5-9-20(18)26/h2-9,14,16H,10-13,15H2,1H3,(H,27,31)/t16-/m0/s1. The summed E-state index contributed by atoms with van der Waals surface area (Å²) in [5.41, 5.74) is 2.58. The van der Waals surface area contributed by atoms with Crippen LogP contribution in [0.3, 0.4) is 0 Å². The van der Waals surface area contributed by atoms with Crippen LogP contribution in [0.1, 0.15) is 45.4 Å². The van der Waals surface area contributed by atoms with Crippen LogP contribution in [0.5, 0.6) is 0 Å². The molecule has 1 N–H and O–H groups in total. The van der Waals surface area contributed by atoms with Gasteiger partial charge in [-0.25, -0.2) is 0 Å². The van der Waals surface area contributed by atoms with E-state index < -0.39 is 0 Å². The molecule has 1 atom stereocenters.